The summed E-state index contributed by atoms with van der Waals surface area (Å²) in [6, 6.07) is 13.0. The van der Waals surface area contributed by atoms with Gasteiger partial charge in [0.2, 0.25) is 0 Å². The molecule has 3 saturated heterocycles. The quantitative estimate of drug-likeness (QED) is 0.551. The topological polar surface area (TPSA) is 71.2 Å². The second kappa shape index (κ2) is 8.31. The predicted molar refractivity (Wildman–Crippen MR) is 142 cm³/mol. The molecular weight excluding hydrogens is 452 g/mol. The van der Waals surface area contributed by atoms with E-state index in [2.05, 4.69) is 33.4 Å². The molecule has 5 heterocycles. The number of pyridine rings is 1. The fourth-order valence-electron chi connectivity index (χ4n) is 7.52. The molecule has 3 fully saturated rings. The number of anilines is 1. The van der Waals surface area contributed by atoms with E-state index in [-0.39, 0.29) is 11.9 Å². The number of piperidine rings is 1. The Bertz CT molecular complexity index is 1310. The standard InChI is InChI=1S/C29H34N4OS/c1-16-2-9-25-26(30)27(35-29(25)31-16)28(34)32-22-6-5-18-10-17(3-4-19(18)12-22)11-20-13-23-7-8-24-14-21(20)15-33(23)24/h2-4,9-10,20-24H,5-8,11-15,30H2,1H3,(H,32,34)/t20?,21?,22-,23?,24?/m0/s1. The first-order chi connectivity index (χ1) is 17.0. The molecule has 2 bridgehead atoms. The monoisotopic (exact) mass is 486 g/mol. The van der Waals surface area contributed by atoms with Crippen LogP contribution in [0.15, 0.2) is 30.3 Å². The highest BCUT2D eigenvalue weighted by atomic mass is 32.1. The summed E-state index contributed by atoms with van der Waals surface area (Å²) in [5.74, 6) is 1.71. The smallest absolute Gasteiger partial charge is 0.263 e. The van der Waals surface area contributed by atoms with Crippen molar-refractivity contribution in [3.05, 3.63) is 57.6 Å². The molecule has 2 aromatic heterocycles. The van der Waals surface area contributed by atoms with E-state index in [4.69, 9.17) is 5.73 Å². The van der Waals surface area contributed by atoms with E-state index in [1.807, 2.05) is 19.1 Å². The van der Waals surface area contributed by atoms with Crippen molar-refractivity contribution < 1.29 is 4.79 Å². The van der Waals surface area contributed by atoms with E-state index in [1.165, 1.54) is 66.7 Å². The Balaban J connectivity index is 1.02. The molecule has 0 saturated carbocycles. The highest BCUT2D eigenvalue weighted by molar-refractivity contribution is 7.21. The van der Waals surface area contributed by atoms with Crippen molar-refractivity contribution in [3.8, 4) is 0 Å². The van der Waals surface area contributed by atoms with Gasteiger partial charge in [0.15, 0.2) is 0 Å². The molecule has 35 heavy (non-hydrogen) atoms. The fraction of sp³-hybridized carbons (Fsp3) is 0.517. The number of hydrogen-bond acceptors (Lipinski definition) is 5. The van der Waals surface area contributed by atoms with E-state index in [0.717, 1.165) is 59.1 Å². The van der Waals surface area contributed by atoms with Gasteiger partial charge in [0.25, 0.3) is 5.91 Å². The molecule has 3 N–H and O–H groups in total. The summed E-state index contributed by atoms with van der Waals surface area (Å²) in [5.41, 5.74) is 12.2. The number of carbonyl (C=O) groups is 1. The number of rotatable bonds is 4. The fourth-order valence-corrected chi connectivity index (χ4v) is 8.56. The zero-order valence-corrected chi connectivity index (χ0v) is 21.2. The van der Waals surface area contributed by atoms with Crippen LogP contribution in [0.4, 0.5) is 5.69 Å². The highest BCUT2D eigenvalue weighted by Crippen LogP contribution is 2.47. The molecule has 4 unspecified atom stereocenters. The van der Waals surface area contributed by atoms with Crippen LogP contribution in [0.5, 0.6) is 0 Å². The number of benzene rings is 1. The zero-order chi connectivity index (χ0) is 23.7. The molecule has 3 aliphatic heterocycles. The molecule has 3 aromatic rings. The number of aromatic nitrogens is 1. The number of nitrogens with one attached hydrogen (secondary N) is 1. The molecule has 1 amide bonds. The van der Waals surface area contributed by atoms with Gasteiger partial charge in [-0.05, 0) is 98.9 Å². The van der Waals surface area contributed by atoms with Crippen LogP contribution in [0.2, 0.25) is 0 Å². The number of amides is 1. The lowest BCUT2D eigenvalue weighted by Crippen LogP contribution is -2.39. The van der Waals surface area contributed by atoms with Gasteiger partial charge in [0.1, 0.15) is 9.71 Å². The van der Waals surface area contributed by atoms with Crippen molar-refractivity contribution in [1.29, 1.82) is 0 Å². The summed E-state index contributed by atoms with van der Waals surface area (Å²) in [5, 5.41) is 4.14. The Morgan fingerprint density at radius 2 is 2.00 bits per heavy atom. The van der Waals surface area contributed by atoms with Crippen molar-refractivity contribution in [1.82, 2.24) is 15.2 Å². The van der Waals surface area contributed by atoms with Gasteiger partial charge >= 0.3 is 0 Å². The maximum absolute atomic E-state index is 13.1. The summed E-state index contributed by atoms with van der Waals surface area (Å²) >= 11 is 1.40. The van der Waals surface area contributed by atoms with Crippen LogP contribution >= 0.6 is 11.3 Å². The molecule has 1 aromatic carbocycles. The highest BCUT2D eigenvalue weighted by Gasteiger charge is 2.48. The first-order valence-electron chi connectivity index (χ1n) is 13.3. The van der Waals surface area contributed by atoms with Crippen LogP contribution < -0.4 is 11.1 Å². The second-order valence-electron chi connectivity index (χ2n) is 11.4. The van der Waals surface area contributed by atoms with Gasteiger partial charge in [0.05, 0.1) is 5.69 Å². The number of hydrogen-bond donors (Lipinski definition) is 2. The SMILES string of the molecule is Cc1ccc2c(N)c(C(=O)N[C@H]3CCc4cc(CC5CC6CCC7CC5CN67)ccc4C3)sc2n1. The van der Waals surface area contributed by atoms with Crippen LogP contribution in [0, 0.1) is 18.8 Å². The molecule has 0 spiro atoms. The van der Waals surface area contributed by atoms with Crippen molar-refractivity contribution in [3.63, 3.8) is 0 Å². The molecule has 0 radical (unpaired) electrons. The van der Waals surface area contributed by atoms with E-state index < -0.39 is 0 Å². The van der Waals surface area contributed by atoms with E-state index in [0.29, 0.717) is 10.6 Å². The number of fused-ring (bicyclic) bond motifs is 3. The first-order valence-corrected chi connectivity index (χ1v) is 14.2. The van der Waals surface area contributed by atoms with Crippen molar-refractivity contribution in [2.75, 3.05) is 12.3 Å². The third kappa shape index (κ3) is 3.77. The van der Waals surface area contributed by atoms with Crippen LogP contribution in [0.1, 0.15) is 64.2 Å². The van der Waals surface area contributed by atoms with Crippen LogP contribution in [0.3, 0.4) is 0 Å². The largest absolute Gasteiger partial charge is 0.397 e. The van der Waals surface area contributed by atoms with Crippen molar-refractivity contribution >= 4 is 33.1 Å². The Hall–Kier alpha value is -2.44. The second-order valence-corrected chi connectivity index (χ2v) is 12.4. The third-order valence-corrected chi connectivity index (χ3v) is 10.4. The lowest BCUT2D eigenvalue weighted by Gasteiger charge is -2.36. The molecule has 5 atom stereocenters. The van der Waals surface area contributed by atoms with Gasteiger partial charge in [-0.1, -0.05) is 18.2 Å². The Morgan fingerprint density at radius 1 is 1.14 bits per heavy atom. The van der Waals surface area contributed by atoms with Crippen molar-refractivity contribution in [2.45, 2.75) is 76.4 Å². The minimum absolute atomic E-state index is 0.0644. The molecule has 4 aliphatic rings. The van der Waals surface area contributed by atoms with E-state index in [1.54, 1.807) is 0 Å². The van der Waals surface area contributed by atoms with Gasteiger partial charge in [0, 0.05) is 35.8 Å². The van der Waals surface area contributed by atoms with Crippen LogP contribution in [0.25, 0.3) is 10.2 Å². The minimum Gasteiger partial charge on any atom is -0.397 e. The number of thiophene rings is 1. The average molecular weight is 487 g/mol. The number of aryl methyl sites for hydroxylation is 2. The third-order valence-electron chi connectivity index (χ3n) is 9.30. The lowest BCUT2D eigenvalue weighted by molar-refractivity contribution is 0.0938. The summed E-state index contributed by atoms with van der Waals surface area (Å²) in [7, 11) is 0. The average Bonchev–Trinajstić information content (AvgIpc) is 3.50. The number of nitrogens with two attached hydrogens (primary N) is 1. The first kappa shape index (κ1) is 21.8. The lowest BCUT2D eigenvalue weighted by atomic mass is 9.77. The number of carbonyl (C=O) groups excluding carboxylic acids is 1. The summed E-state index contributed by atoms with van der Waals surface area (Å²) in [6.45, 7) is 3.31. The van der Waals surface area contributed by atoms with Gasteiger partial charge in [-0.2, -0.15) is 0 Å². The Labute approximate surface area is 211 Å². The summed E-state index contributed by atoms with van der Waals surface area (Å²) < 4.78 is 0. The maximum Gasteiger partial charge on any atom is 0.263 e. The van der Waals surface area contributed by atoms with E-state index in [9.17, 15) is 4.79 Å². The van der Waals surface area contributed by atoms with Gasteiger partial charge < -0.3 is 11.1 Å². The molecule has 6 heteroatoms. The van der Waals surface area contributed by atoms with Gasteiger partial charge in [-0.3, -0.25) is 9.69 Å². The number of nitrogens with zero attached hydrogens (tertiary/aromatic N) is 2. The Morgan fingerprint density at radius 3 is 2.89 bits per heavy atom. The number of nitrogen functional groups attached to an aromatic ring is 1. The van der Waals surface area contributed by atoms with Gasteiger partial charge in [-0.25, -0.2) is 4.98 Å². The van der Waals surface area contributed by atoms with Crippen LogP contribution in [-0.2, 0) is 19.3 Å². The van der Waals surface area contributed by atoms with Crippen molar-refractivity contribution in [2.24, 2.45) is 11.8 Å². The van der Waals surface area contributed by atoms with Crippen LogP contribution in [-0.4, -0.2) is 40.5 Å². The Kier molecular flexibility index (Phi) is 5.18. The molecule has 182 valence electrons. The molecule has 5 nitrogen and oxygen atoms in total. The molecule has 7 rings (SSSR count). The predicted octanol–water partition coefficient (Wildman–Crippen LogP) is 4.89. The summed E-state index contributed by atoms with van der Waals surface area (Å²) in [6.07, 6.45) is 9.86. The molecular formula is C29H34N4OS. The summed E-state index contributed by atoms with van der Waals surface area (Å²) in [4.78, 5) is 21.9. The molecule has 1 aliphatic carbocycles. The van der Waals surface area contributed by atoms with E-state index >= 15 is 0 Å². The van der Waals surface area contributed by atoms with Gasteiger partial charge in [-0.15, -0.1) is 11.3 Å². The zero-order valence-electron chi connectivity index (χ0n) is 20.4. The minimum atomic E-state index is -0.0644. The maximum atomic E-state index is 13.1. The normalized spacial score (nSPS) is 29.5.